The van der Waals surface area contributed by atoms with Crippen LogP contribution in [0.2, 0.25) is 0 Å². The second-order valence-electron chi connectivity index (χ2n) is 4.70. The number of hydrogen-bond acceptors (Lipinski definition) is 5. The first-order valence-corrected chi connectivity index (χ1v) is 6.71. The number of anilines is 1. The molecule has 0 saturated carbocycles. The summed E-state index contributed by atoms with van der Waals surface area (Å²) in [6, 6.07) is 9.15. The minimum atomic E-state index is 0.627. The molecule has 0 amide bonds. The first kappa shape index (κ1) is 12.2. The van der Waals surface area contributed by atoms with Gasteiger partial charge in [-0.25, -0.2) is 0 Å². The quantitative estimate of drug-likeness (QED) is 0.905. The Labute approximate surface area is 112 Å². The standard InChI is InChI=1S/C14H18N4O/c1-2-15-9-13-16-17-14(19-13)18-8-7-11-5-3-4-6-12(11)10-18/h3-6,15H,2,7-10H2,1H3. The second-order valence-corrected chi connectivity index (χ2v) is 4.70. The van der Waals surface area contributed by atoms with Gasteiger partial charge in [0.2, 0.25) is 5.89 Å². The number of aromatic nitrogens is 2. The summed E-state index contributed by atoms with van der Waals surface area (Å²) >= 11 is 0. The molecule has 100 valence electrons. The molecule has 0 radical (unpaired) electrons. The molecule has 3 rings (SSSR count). The maximum atomic E-state index is 5.68. The van der Waals surface area contributed by atoms with Crippen molar-refractivity contribution in [1.29, 1.82) is 0 Å². The van der Waals surface area contributed by atoms with Gasteiger partial charge < -0.3 is 14.6 Å². The Morgan fingerprint density at radius 1 is 1.26 bits per heavy atom. The minimum absolute atomic E-state index is 0.627. The summed E-state index contributed by atoms with van der Waals surface area (Å²) in [5.74, 6) is 0.649. The van der Waals surface area contributed by atoms with Gasteiger partial charge >= 0.3 is 6.01 Å². The fraction of sp³-hybridized carbons (Fsp3) is 0.429. The number of benzene rings is 1. The van der Waals surface area contributed by atoms with Crippen LogP contribution in [-0.4, -0.2) is 23.3 Å². The van der Waals surface area contributed by atoms with Gasteiger partial charge in [0.25, 0.3) is 0 Å². The van der Waals surface area contributed by atoms with Crippen molar-refractivity contribution >= 4 is 6.01 Å². The molecule has 1 aromatic heterocycles. The lowest BCUT2D eigenvalue weighted by atomic mass is 10.0. The zero-order chi connectivity index (χ0) is 13.1. The van der Waals surface area contributed by atoms with Gasteiger partial charge in [-0.1, -0.05) is 36.3 Å². The maximum absolute atomic E-state index is 5.68. The molecule has 0 atom stereocenters. The molecule has 0 spiro atoms. The van der Waals surface area contributed by atoms with Gasteiger partial charge in [0.05, 0.1) is 6.54 Å². The highest BCUT2D eigenvalue weighted by Gasteiger charge is 2.20. The van der Waals surface area contributed by atoms with E-state index < -0.39 is 0 Å². The zero-order valence-corrected chi connectivity index (χ0v) is 11.1. The number of rotatable bonds is 4. The van der Waals surface area contributed by atoms with E-state index in [2.05, 4.69) is 51.6 Å². The molecule has 19 heavy (non-hydrogen) atoms. The lowest BCUT2D eigenvalue weighted by Gasteiger charge is -2.26. The van der Waals surface area contributed by atoms with Crippen LogP contribution in [0, 0.1) is 0 Å². The SMILES string of the molecule is CCNCc1nnc(N2CCc3ccccc3C2)o1. The van der Waals surface area contributed by atoms with Crippen molar-refractivity contribution < 1.29 is 4.42 Å². The van der Waals surface area contributed by atoms with Crippen LogP contribution in [0.1, 0.15) is 23.9 Å². The molecule has 2 aromatic rings. The summed E-state index contributed by atoms with van der Waals surface area (Å²) < 4.78 is 5.68. The van der Waals surface area contributed by atoms with Crippen molar-refractivity contribution in [2.24, 2.45) is 0 Å². The Bertz CT molecular complexity index is 552. The number of hydrogen-bond donors (Lipinski definition) is 1. The normalized spacial score (nSPS) is 14.5. The largest absolute Gasteiger partial charge is 0.407 e. The fourth-order valence-corrected chi connectivity index (χ4v) is 2.33. The van der Waals surface area contributed by atoms with Crippen LogP contribution in [0.4, 0.5) is 6.01 Å². The lowest BCUT2D eigenvalue weighted by Crippen LogP contribution is -2.30. The fourth-order valence-electron chi connectivity index (χ4n) is 2.33. The van der Waals surface area contributed by atoms with E-state index in [4.69, 9.17) is 4.42 Å². The minimum Gasteiger partial charge on any atom is -0.407 e. The molecule has 0 bridgehead atoms. The van der Waals surface area contributed by atoms with Crippen LogP contribution in [0.3, 0.4) is 0 Å². The van der Waals surface area contributed by atoms with Gasteiger partial charge in [-0.3, -0.25) is 0 Å². The van der Waals surface area contributed by atoms with Gasteiger partial charge in [-0.2, -0.15) is 0 Å². The van der Waals surface area contributed by atoms with E-state index in [1.165, 1.54) is 11.1 Å². The highest BCUT2D eigenvalue weighted by Crippen LogP contribution is 2.23. The molecule has 0 aliphatic carbocycles. The van der Waals surface area contributed by atoms with E-state index >= 15 is 0 Å². The molecule has 5 heteroatoms. The van der Waals surface area contributed by atoms with E-state index in [-0.39, 0.29) is 0 Å². The summed E-state index contributed by atoms with van der Waals surface area (Å²) in [5, 5.41) is 11.4. The van der Waals surface area contributed by atoms with Gasteiger partial charge in [0.1, 0.15) is 0 Å². The topological polar surface area (TPSA) is 54.2 Å². The van der Waals surface area contributed by atoms with E-state index in [0.717, 1.165) is 26.1 Å². The van der Waals surface area contributed by atoms with E-state index in [1.807, 2.05) is 0 Å². The monoisotopic (exact) mass is 258 g/mol. The van der Waals surface area contributed by atoms with Crippen LogP contribution < -0.4 is 10.2 Å². The average molecular weight is 258 g/mol. The Morgan fingerprint density at radius 2 is 2.11 bits per heavy atom. The molecule has 5 nitrogen and oxygen atoms in total. The summed E-state index contributed by atoms with van der Waals surface area (Å²) in [6.45, 7) is 5.36. The average Bonchev–Trinajstić information content (AvgIpc) is 2.93. The van der Waals surface area contributed by atoms with E-state index in [1.54, 1.807) is 0 Å². The predicted molar refractivity (Wildman–Crippen MR) is 72.9 cm³/mol. The number of nitrogens with zero attached hydrogens (tertiary/aromatic N) is 3. The van der Waals surface area contributed by atoms with Crippen molar-refractivity contribution in [2.75, 3.05) is 18.0 Å². The first-order valence-electron chi connectivity index (χ1n) is 6.71. The molecule has 2 heterocycles. The van der Waals surface area contributed by atoms with E-state index in [0.29, 0.717) is 18.5 Å². The molecule has 1 aliphatic rings. The van der Waals surface area contributed by atoms with Crippen molar-refractivity contribution in [3.8, 4) is 0 Å². The van der Waals surface area contributed by atoms with Crippen LogP contribution in [0.5, 0.6) is 0 Å². The third-order valence-corrected chi connectivity index (χ3v) is 3.38. The van der Waals surface area contributed by atoms with Gasteiger partial charge in [-0.15, -0.1) is 5.10 Å². The smallest absolute Gasteiger partial charge is 0.318 e. The van der Waals surface area contributed by atoms with Crippen LogP contribution in [-0.2, 0) is 19.5 Å². The maximum Gasteiger partial charge on any atom is 0.318 e. The van der Waals surface area contributed by atoms with Crippen molar-refractivity contribution in [1.82, 2.24) is 15.5 Å². The molecule has 0 fully saturated rings. The molecular weight excluding hydrogens is 240 g/mol. The molecule has 0 unspecified atom stereocenters. The van der Waals surface area contributed by atoms with Crippen molar-refractivity contribution in [3.05, 3.63) is 41.3 Å². The second kappa shape index (κ2) is 5.40. The Hall–Kier alpha value is -1.88. The van der Waals surface area contributed by atoms with Crippen molar-refractivity contribution in [3.63, 3.8) is 0 Å². The first-order chi connectivity index (χ1) is 9.36. The third kappa shape index (κ3) is 2.61. The highest BCUT2D eigenvalue weighted by atomic mass is 16.4. The van der Waals surface area contributed by atoms with E-state index in [9.17, 15) is 0 Å². The van der Waals surface area contributed by atoms with Crippen LogP contribution in [0.15, 0.2) is 28.7 Å². The molecule has 1 N–H and O–H groups in total. The van der Waals surface area contributed by atoms with Gasteiger partial charge in [0, 0.05) is 13.1 Å². The molecule has 0 saturated heterocycles. The Kier molecular flexibility index (Phi) is 3.46. The molecular formula is C14H18N4O. The Balaban J connectivity index is 1.72. The van der Waals surface area contributed by atoms with Gasteiger partial charge in [0.15, 0.2) is 0 Å². The number of nitrogens with one attached hydrogen (secondary N) is 1. The van der Waals surface area contributed by atoms with Gasteiger partial charge in [-0.05, 0) is 24.1 Å². The summed E-state index contributed by atoms with van der Waals surface area (Å²) in [7, 11) is 0. The predicted octanol–water partition coefficient (Wildman–Crippen LogP) is 1.74. The zero-order valence-electron chi connectivity index (χ0n) is 11.1. The molecule has 1 aliphatic heterocycles. The highest BCUT2D eigenvalue weighted by molar-refractivity contribution is 5.37. The third-order valence-electron chi connectivity index (χ3n) is 3.38. The summed E-state index contributed by atoms with van der Waals surface area (Å²) in [5.41, 5.74) is 2.77. The van der Waals surface area contributed by atoms with Crippen LogP contribution in [0.25, 0.3) is 0 Å². The van der Waals surface area contributed by atoms with Crippen LogP contribution >= 0.6 is 0 Å². The molecule has 1 aromatic carbocycles. The number of fused-ring (bicyclic) bond motifs is 1. The Morgan fingerprint density at radius 3 is 2.95 bits per heavy atom. The van der Waals surface area contributed by atoms with Crippen molar-refractivity contribution in [2.45, 2.75) is 26.4 Å². The lowest BCUT2D eigenvalue weighted by molar-refractivity contribution is 0.460. The summed E-state index contributed by atoms with van der Waals surface area (Å²) in [6.07, 6.45) is 1.03. The summed E-state index contributed by atoms with van der Waals surface area (Å²) in [4.78, 5) is 2.14.